The number of aryl methyl sites for hydroxylation is 1. The van der Waals surface area contributed by atoms with Gasteiger partial charge in [0.05, 0.1) is 11.3 Å². The van der Waals surface area contributed by atoms with E-state index >= 15 is 0 Å². The zero-order chi connectivity index (χ0) is 30.1. The normalized spacial score (nSPS) is 19.4. The topological polar surface area (TPSA) is 82.3 Å². The number of anilines is 2. The molecule has 2 N–H and O–H groups in total. The van der Waals surface area contributed by atoms with Crippen LogP contribution in [0, 0.1) is 0 Å². The zero-order valence-corrected chi connectivity index (χ0v) is 25.6. The van der Waals surface area contributed by atoms with E-state index in [4.69, 9.17) is 21.7 Å². The first-order chi connectivity index (χ1) is 21.4. The van der Waals surface area contributed by atoms with Gasteiger partial charge in [-0.05, 0) is 79.6 Å². The van der Waals surface area contributed by atoms with Crippen molar-refractivity contribution in [3.8, 4) is 0 Å². The lowest BCUT2D eigenvalue weighted by molar-refractivity contribution is -0.0142. The molecule has 1 unspecified atom stereocenters. The van der Waals surface area contributed by atoms with E-state index in [-0.39, 0.29) is 0 Å². The summed E-state index contributed by atoms with van der Waals surface area (Å²) in [5.41, 5.74) is 5.42. The highest BCUT2D eigenvalue weighted by molar-refractivity contribution is 6.30. The van der Waals surface area contributed by atoms with Crippen molar-refractivity contribution >= 4 is 34.6 Å². The van der Waals surface area contributed by atoms with E-state index < -0.39 is 5.60 Å². The van der Waals surface area contributed by atoms with Crippen molar-refractivity contribution in [2.45, 2.75) is 56.7 Å². The highest BCUT2D eigenvalue weighted by atomic mass is 35.5. The van der Waals surface area contributed by atoms with Gasteiger partial charge in [-0.3, -0.25) is 4.98 Å². The van der Waals surface area contributed by atoms with Crippen LogP contribution in [0.3, 0.4) is 0 Å². The summed E-state index contributed by atoms with van der Waals surface area (Å²) in [7, 11) is 0. The van der Waals surface area contributed by atoms with Crippen LogP contribution in [0.4, 0.5) is 11.6 Å². The Kier molecular flexibility index (Phi) is 7.87. The Morgan fingerprint density at radius 2 is 1.80 bits per heavy atom. The van der Waals surface area contributed by atoms with Crippen molar-refractivity contribution in [3.63, 3.8) is 0 Å². The second-order valence-electron chi connectivity index (χ2n) is 12.0. The van der Waals surface area contributed by atoms with Crippen molar-refractivity contribution in [3.05, 3.63) is 113 Å². The number of rotatable bonds is 8. The first-order valence-corrected chi connectivity index (χ1v) is 15.9. The predicted octanol–water partition coefficient (Wildman–Crippen LogP) is 6.48. The molecule has 2 saturated heterocycles. The SMILES string of the molecule is C=C(c1ccc(Nc2nc3n(n2)CCC=C3N2CCC(O)(c3ccc(Cl)cc3)CC2)cc1)N1CCCC1Cc1ccccn1. The Hall–Kier alpha value is -4.14. The standard InChI is InChI=1S/C35H38ClN7O/c1-25(42-20-4-7-31(42)24-30-6-2-3-19-37-30)26-9-15-29(16-10-26)38-34-39-33-32(8-5-21-43(33)40-34)41-22-17-35(44,18-23-41)27-11-13-28(36)14-12-27/h2-3,6,8-16,19,31,44H,1,4-5,7,17-18,20-24H2,(H,38,40). The number of likely N-dealkylation sites (tertiary alicyclic amines) is 2. The Bertz CT molecular complexity index is 1640. The van der Waals surface area contributed by atoms with Gasteiger partial charge in [0.1, 0.15) is 0 Å². The molecular formula is C35H38ClN7O. The van der Waals surface area contributed by atoms with Gasteiger partial charge in [0, 0.05) is 66.9 Å². The number of aromatic nitrogens is 4. The maximum Gasteiger partial charge on any atom is 0.247 e. The Morgan fingerprint density at radius 1 is 1.00 bits per heavy atom. The largest absolute Gasteiger partial charge is 0.385 e. The molecule has 4 aromatic rings. The highest BCUT2D eigenvalue weighted by Gasteiger charge is 2.36. The van der Waals surface area contributed by atoms with Crippen molar-refractivity contribution in [1.82, 2.24) is 29.5 Å². The molecule has 44 heavy (non-hydrogen) atoms. The van der Waals surface area contributed by atoms with Crippen LogP contribution in [0.15, 0.2) is 85.6 Å². The molecule has 2 aromatic carbocycles. The van der Waals surface area contributed by atoms with Crippen LogP contribution < -0.4 is 5.32 Å². The molecule has 0 bridgehead atoms. The average Bonchev–Trinajstić information content (AvgIpc) is 3.69. The summed E-state index contributed by atoms with van der Waals surface area (Å²) in [4.78, 5) is 14.2. The number of hydrogen-bond donors (Lipinski definition) is 2. The van der Waals surface area contributed by atoms with E-state index in [0.29, 0.717) is 29.9 Å². The Balaban J connectivity index is 0.993. The van der Waals surface area contributed by atoms with Crippen LogP contribution in [0.25, 0.3) is 11.4 Å². The minimum absolute atomic E-state index is 0.421. The lowest BCUT2D eigenvalue weighted by atomic mass is 9.84. The van der Waals surface area contributed by atoms with E-state index in [1.54, 1.807) is 0 Å². The first kappa shape index (κ1) is 28.6. The van der Waals surface area contributed by atoms with Crippen molar-refractivity contribution in [2.24, 2.45) is 0 Å². The molecule has 0 aliphatic carbocycles. The van der Waals surface area contributed by atoms with Crippen LogP contribution in [0.5, 0.6) is 0 Å². The third-order valence-corrected chi connectivity index (χ3v) is 9.51. The number of pyridine rings is 1. The summed E-state index contributed by atoms with van der Waals surface area (Å²) >= 11 is 6.07. The fraction of sp³-hybridized carbons (Fsp3) is 0.343. The second-order valence-corrected chi connectivity index (χ2v) is 12.5. The third kappa shape index (κ3) is 5.84. The van der Waals surface area contributed by atoms with Gasteiger partial charge in [0.25, 0.3) is 0 Å². The van der Waals surface area contributed by atoms with Gasteiger partial charge in [0.15, 0.2) is 5.82 Å². The summed E-state index contributed by atoms with van der Waals surface area (Å²) in [6.07, 6.45) is 9.57. The minimum atomic E-state index is -0.844. The minimum Gasteiger partial charge on any atom is -0.385 e. The van der Waals surface area contributed by atoms with E-state index in [2.05, 4.69) is 69.2 Å². The number of hydrogen-bond acceptors (Lipinski definition) is 7. The fourth-order valence-electron chi connectivity index (χ4n) is 6.80. The summed E-state index contributed by atoms with van der Waals surface area (Å²) in [5, 5.41) is 20.2. The van der Waals surface area contributed by atoms with Crippen LogP contribution in [0.1, 0.15) is 54.7 Å². The van der Waals surface area contributed by atoms with Crippen molar-refractivity contribution in [1.29, 1.82) is 0 Å². The fourth-order valence-corrected chi connectivity index (χ4v) is 6.92. The molecule has 7 rings (SSSR count). The summed E-state index contributed by atoms with van der Waals surface area (Å²) in [6.45, 7) is 7.77. The van der Waals surface area contributed by atoms with Gasteiger partial charge in [-0.25, -0.2) is 4.68 Å². The molecule has 5 heterocycles. The van der Waals surface area contributed by atoms with Crippen LogP contribution in [0.2, 0.25) is 5.02 Å². The number of nitrogens with one attached hydrogen (secondary N) is 1. The molecule has 0 radical (unpaired) electrons. The number of nitrogens with zero attached hydrogens (tertiary/aromatic N) is 6. The number of allylic oxidation sites excluding steroid dienone is 1. The average molecular weight is 608 g/mol. The molecule has 0 spiro atoms. The van der Waals surface area contributed by atoms with Crippen LogP contribution >= 0.6 is 11.6 Å². The number of piperidine rings is 1. The molecule has 2 fully saturated rings. The molecular weight excluding hydrogens is 570 g/mol. The van der Waals surface area contributed by atoms with E-state index in [1.165, 1.54) is 6.42 Å². The monoisotopic (exact) mass is 607 g/mol. The number of halogens is 1. The van der Waals surface area contributed by atoms with Crippen molar-refractivity contribution in [2.75, 3.05) is 25.0 Å². The van der Waals surface area contributed by atoms with Gasteiger partial charge in [-0.15, -0.1) is 5.10 Å². The molecule has 2 aromatic heterocycles. The zero-order valence-electron chi connectivity index (χ0n) is 24.9. The Labute approximate surface area is 263 Å². The van der Waals surface area contributed by atoms with Gasteiger partial charge >= 0.3 is 0 Å². The smallest absolute Gasteiger partial charge is 0.247 e. The maximum atomic E-state index is 11.4. The lowest BCUT2D eigenvalue weighted by Crippen LogP contribution is -2.42. The van der Waals surface area contributed by atoms with E-state index in [9.17, 15) is 5.11 Å². The van der Waals surface area contributed by atoms with Gasteiger partial charge < -0.3 is 20.2 Å². The quantitative estimate of drug-likeness (QED) is 0.237. The summed E-state index contributed by atoms with van der Waals surface area (Å²) < 4.78 is 1.99. The molecule has 3 aliphatic rings. The first-order valence-electron chi connectivity index (χ1n) is 15.6. The Morgan fingerprint density at radius 3 is 2.55 bits per heavy atom. The second kappa shape index (κ2) is 12.1. The molecule has 3 aliphatic heterocycles. The van der Waals surface area contributed by atoms with Crippen LogP contribution in [-0.2, 0) is 18.6 Å². The van der Waals surface area contributed by atoms with Crippen molar-refractivity contribution < 1.29 is 5.11 Å². The number of fused-ring (bicyclic) bond motifs is 1. The molecule has 0 saturated carbocycles. The van der Waals surface area contributed by atoms with Gasteiger partial charge in [0.2, 0.25) is 5.95 Å². The third-order valence-electron chi connectivity index (χ3n) is 9.26. The number of aliphatic hydroxyl groups is 1. The molecule has 9 heteroatoms. The summed E-state index contributed by atoms with van der Waals surface area (Å²) in [6, 6.07) is 22.5. The highest BCUT2D eigenvalue weighted by Crippen LogP contribution is 2.37. The molecule has 0 amide bonds. The summed E-state index contributed by atoms with van der Waals surface area (Å²) in [5.74, 6) is 1.46. The van der Waals surface area contributed by atoms with E-state index in [1.807, 2.05) is 41.2 Å². The van der Waals surface area contributed by atoms with E-state index in [0.717, 1.165) is 85.2 Å². The molecule has 8 nitrogen and oxygen atoms in total. The maximum absolute atomic E-state index is 11.4. The number of benzene rings is 2. The predicted molar refractivity (Wildman–Crippen MR) is 175 cm³/mol. The molecule has 1 atom stereocenters. The molecule has 226 valence electrons. The van der Waals surface area contributed by atoms with Crippen LogP contribution in [-0.4, -0.2) is 60.3 Å². The lowest BCUT2D eigenvalue weighted by Gasteiger charge is -2.40. The van der Waals surface area contributed by atoms with Gasteiger partial charge in [-0.2, -0.15) is 4.98 Å². The van der Waals surface area contributed by atoms with Gasteiger partial charge in [-0.1, -0.05) is 54.6 Å².